The number of rotatable bonds is 3. The van der Waals surface area contributed by atoms with Gasteiger partial charge in [-0.2, -0.15) is 0 Å². The molecule has 0 amide bonds. The van der Waals surface area contributed by atoms with Crippen LogP contribution >= 0.6 is 0 Å². The van der Waals surface area contributed by atoms with Crippen LogP contribution in [0.25, 0.3) is 0 Å². The molecule has 0 saturated heterocycles. The van der Waals surface area contributed by atoms with Gasteiger partial charge < -0.3 is 0 Å². The maximum atomic E-state index is 11.3. The molecule has 66 valence electrons. The molecular formula is C7H16N2OS. The highest BCUT2D eigenvalue weighted by Gasteiger charge is 2.33. The first-order chi connectivity index (χ1) is 4.97. The van der Waals surface area contributed by atoms with E-state index in [0.29, 0.717) is 5.75 Å². The molecule has 1 aliphatic rings. The average molecular weight is 176 g/mol. The lowest BCUT2D eigenvalue weighted by Crippen LogP contribution is -2.50. The molecule has 0 aromatic carbocycles. The molecule has 3 nitrogen and oxygen atoms in total. The molecule has 0 aromatic rings. The molecule has 4 heteroatoms. The highest BCUT2D eigenvalue weighted by atomic mass is 32.2. The summed E-state index contributed by atoms with van der Waals surface area (Å²) in [6.07, 6.45) is 3.31. The van der Waals surface area contributed by atoms with Gasteiger partial charge in [0.15, 0.2) is 0 Å². The Morgan fingerprint density at radius 3 is 2.45 bits per heavy atom. The van der Waals surface area contributed by atoms with Gasteiger partial charge >= 0.3 is 0 Å². The van der Waals surface area contributed by atoms with Crippen LogP contribution in [0.1, 0.15) is 33.1 Å². The van der Waals surface area contributed by atoms with Gasteiger partial charge in [0.1, 0.15) is 9.92 Å². The Balaban J connectivity index is 2.54. The summed E-state index contributed by atoms with van der Waals surface area (Å²) in [4.78, 5) is 0. The SMILES string of the molecule is CCS(=N)(=O)NC1(C)CCC1. The zero-order chi connectivity index (χ0) is 8.54. The van der Waals surface area contributed by atoms with E-state index in [2.05, 4.69) is 4.72 Å². The van der Waals surface area contributed by atoms with Gasteiger partial charge in [0.25, 0.3) is 0 Å². The Kier molecular flexibility index (Phi) is 2.25. The van der Waals surface area contributed by atoms with Crippen molar-refractivity contribution in [2.75, 3.05) is 5.75 Å². The van der Waals surface area contributed by atoms with Crippen LogP contribution in [-0.4, -0.2) is 15.5 Å². The van der Waals surface area contributed by atoms with Crippen molar-refractivity contribution >= 4 is 9.92 Å². The van der Waals surface area contributed by atoms with Crippen molar-refractivity contribution in [2.45, 2.75) is 38.6 Å². The fraction of sp³-hybridized carbons (Fsp3) is 1.00. The van der Waals surface area contributed by atoms with E-state index in [9.17, 15) is 4.21 Å². The van der Waals surface area contributed by atoms with Crippen LogP contribution < -0.4 is 4.72 Å². The molecule has 0 spiro atoms. The smallest absolute Gasteiger partial charge is 0.105 e. The van der Waals surface area contributed by atoms with Gasteiger partial charge in [-0.25, -0.2) is 13.7 Å². The van der Waals surface area contributed by atoms with E-state index in [0.717, 1.165) is 12.8 Å². The Morgan fingerprint density at radius 1 is 1.64 bits per heavy atom. The molecule has 2 N–H and O–H groups in total. The first-order valence-corrected chi connectivity index (χ1v) is 5.75. The van der Waals surface area contributed by atoms with E-state index in [1.807, 2.05) is 6.92 Å². The van der Waals surface area contributed by atoms with E-state index in [-0.39, 0.29) is 5.54 Å². The summed E-state index contributed by atoms with van der Waals surface area (Å²) in [6, 6.07) is 0. The minimum atomic E-state index is -2.49. The van der Waals surface area contributed by atoms with Crippen molar-refractivity contribution in [1.29, 1.82) is 4.78 Å². The van der Waals surface area contributed by atoms with Gasteiger partial charge in [-0.1, -0.05) is 6.92 Å². The summed E-state index contributed by atoms with van der Waals surface area (Å²) in [7, 11) is -2.49. The molecule has 1 rings (SSSR count). The zero-order valence-corrected chi connectivity index (χ0v) is 7.96. The molecule has 0 heterocycles. The molecule has 1 unspecified atom stereocenters. The standard InChI is InChI=1S/C7H16N2OS/c1-3-11(8,10)9-7(2)5-4-6-7/h3-6H2,1-2H3,(H2,8,9,10). The fourth-order valence-corrected chi connectivity index (χ4v) is 2.42. The summed E-state index contributed by atoms with van der Waals surface area (Å²) in [5.41, 5.74) is -0.00512. The Labute approximate surface area is 68.7 Å². The Bertz CT molecular complexity index is 229. The molecule has 11 heavy (non-hydrogen) atoms. The lowest BCUT2D eigenvalue weighted by atomic mass is 9.80. The van der Waals surface area contributed by atoms with Gasteiger partial charge in [-0.05, 0) is 26.2 Å². The van der Waals surface area contributed by atoms with Crippen molar-refractivity contribution in [3.05, 3.63) is 0 Å². The Hall–Kier alpha value is -0.0900. The minimum absolute atomic E-state index is 0.00512. The van der Waals surface area contributed by atoms with Gasteiger partial charge in [0, 0.05) is 11.3 Å². The predicted molar refractivity (Wildman–Crippen MR) is 46.8 cm³/mol. The molecule has 0 bridgehead atoms. The first kappa shape index (κ1) is 9.00. The monoisotopic (exact) mass is 176 g/mol. The third-order valence-corrected chi connectivity index (χ3v) is 3.91. The predicted octanol–water partition coefficient (Wildman–Crippen LogP) is 1.50. The number of hydrogen-bond donors (Lipinski definition) is 2. The second-order valence-electron chi connectivity index (χ2n) is 3.48. The highest BCUT2D eigenvalue weighted by Crippen LogP contribution is 2.31. The summed E-state index contributed by atoms with van der Waals surface area (Å²) in [6.45, 7) is 3.82. The largest absolute Gasteiger partial charge is 0.240 e. The fourth-order valence-electron chi connectivity index (χ4n) is 1.28. The van der Waals surface area contributed by atoms with Gasteiger partial charge in [-0.15, -0.1) is 0 Å². The van der Waals surface area contributed by atoms with Crippen LogP contribution in [0, 0.1) is 4.78 Å². The molecule has 1 atom stereocenters. The second kappa shape index (κ2) is 2.75. The Morgan fingerprint density at radius 2 is 2.18 bits per heavy atom. The maximum absolute atomic E-state index is 11.3. The van der Waals surface area contributed by atoms with Crippen LogP contribution in [-0.2, 0) is 9.92 Å². The van der Waals surface area contributed by atoms with Crippen LogP contribution in [0.5, 0.6) is 0 Å². The lowest BCUT2D eigenvalue weighted by Gasteiger charge is -2.39. The third kappa shape index (κ3) is 2.17. The quantitative estimate of drug-likeness (QED) is 0.672. The molecule has 1 fully saturated rings. The third-order valence-electron chi connectivity index (χ3n) is 2.27. The van der Waals surface area contributed by atoms with Gasteiger partial charge in [0.2, 0.25) is 0 Å². The maximum Gasteiger partial charge on any atom is 0.105 e. The molecule has 0 aliphatic heterocycles. The average Bonchev–Trinajstić information content (AvgIpc) is 1.84. The van der Waals surface area contributed by atoms with Crippen molar-refractivity contribution in [3.63, 3.8) is 0 Å². The number of hydrogen-bond acceptors (Lipinski definition) is 2. The van der Waals surface area contributed by atoms with Gasteiger partial charge in [0.05, 0.1) is 0 Å². The topological polar surface area (TPSA) is 53.0 Å². The molecule has 1 saturated carbocycles. The van der Waals surface area contributed by atoms with Crippen molar-refractivity contribution < 1.29 is 4.21 Å². The summed E-state index contributed by atoms with van der Waals surface area (Å²) in [5, 5.41) is 0. The number of nitrogens with one attached hydrogen (secondary N) is 2. The zero-order valence-electron chi connectivity index (χ0n) is 7.14. The molecule has 0 aromatic heterocycles. The molecule has 0 radical (unpaired) electrons. The minimum Gasteiger partial charge on any atom is -0.240 e. The van der Waals surface area contributed by atoms with Crippen LogP contribution in [0.4, 0.5) is 0 Å². The second-order valence-corrected chi connectivity index (χ2v) is 5.61. The summed E-state index contributed by atoms with van der Waals surface area (Å²) >= 11 is 0. The van der Waals surface area contributed by atoms with Crippen molar-refractivity contribution in [1.82, 2.24) is 4.72 Å². The molecular weight excluding hydrogens is 160 g/mol. The molecule has 1 aliphatic carbocycles. The summed E-state index contributed by atoms with van der Waals surface area (Å²) < 4.78 is 21.6. The van der Waals surface area contributed by atoms with E-state index in [1.54, 1.807) is 6.92 Å². The van der Waals surface area contributed by atoms with E-state index < -0.39 is 9.92 Å². The van der Waals surface area contributed by atoms with Crippen molar-refractivity contribution in [2.24, 2.45) is 0 Å². The van der Waals surface area contributed by atoms with Gasteiger partial charge in [-0.3, -0.25) is 0 Å². The van der Waals surface area contributed by atoms with Crippen LogP contribution in [0.15, 0.2) is 0 Å². The lowest BCUT2D eigenvalue weighted by molar-refractivity contribution is 0.250. The highest BCUT2D eigenvalue weighted by molar-refractivity contribution is 7.90. The van der Waals surface area contributed by atoms with Crippen LogP contribution in [0.3, 0.4) is 0 Å². The van der Waals surface area contributed by atoms with E-state index in [1.165, 1.54) is 6.42 Å². The van der Waals surface area contributed by atoms with Crippen molar-refractivity contribution in [3.8, 4) is 0 Å². The normalized spacial score (nSPS) is 27.1. The van der Waals surface area contributed by atoms with Crippen LogP contribution in [0.2, 0.25) is 0 Å². The van der Waals surface area contributed by atoms with E-state index in [4.69, 9.17) is 4.78 Å². The van der Waals surface area contributed by atoms with E-state index >= 15 is 0 Å². The first-order valence-electron chi connectivity index (χ1n) is 4.03. The summed E-state index contributed by atoms with van der Waals surface area (Å²) in [5.74, 6) is 0.405.